The lowest BCUT2D eigenvalue weighted by atomic mass is 10.2. The van der Waals surface area contributed by atoms with E-state index in [9.17, 15) is 0 Å². The Morgan fingerprint density at radius 2 is 2.19 bits per heavy atom. The average molecular weight is 306 g/mol. The van der Waals surface area contributed by atoms with Crippen LogP contribution in [0, 0.1) is 5.92 Å². The molecule has 1 aromatic heterocycles. The van der Waals surface area contributed by atoms with Gasteiger partial charge in [-0.15, -0.1) is 11.3 Å². The van der Waals surface area contributed by atoms with E-state index in [2.05, 4.69) is 35.0 Å². The zero-order chi connectivity index (χ0) is 15.2. The van der Waals surface area contributed by atoms with Gasteiger partial charge in [0.25, 0.3) is 0 Å². The van der Waals surface area contributed by atoms with Gasteiger partial charge in [-0.25, -0.2) is 4.98 Å². The Labute approximate surface area is 129 Å². The van der Waals surface area contributed by atoms with Gasteiger partial charge in [0.1, 0.15) is 10.8 Å². The van der Waals surface area contributed by atoms with Crippen molar-refractivity contribution in [1.82, 2.24) is 9.88 Å². The van der Waals surface area contributed by atoms with Crippen molar-refractivity contribution < 1.29 is 5.21 Å². The highest BCUT2D eigenvalue weighted by Crippen LogP contribution is 2.22. The van der Waals surface area contributed by atoms with Crippen LogP contribution in [0.5, 0.6) is 0 Å². The summed E-state index contributed by atoms with van der Waals surface area (Å²) in [5.74, 6) is 0.833. The van der Waals surface area contributed by atoms with E-state index < -0.39 is 0 Å². The molecule has 1 heterocycles. The summed E-state index contributed by atoms with van der Waals surface area (Å²) in [6.45, 7) is 6.92. The first-order valence-corrected chi connectivity index (χ1v) is 7.93. The van der Waals surface area contributed by atoms with Crippen molar-refractivity contribution in [3.05, 3.63) is 29.3 Å². The number of thiazole rings is 1. The van der Waals surface area contributed by atoms with Crippen molar-refractivity contribution in [2.75, 3.05) is 13.1 Å². The van der Waals surface area contributed by atoms with Crippen LogP contribution < -0.4 is 5.73 Å². The molecule has 5 nitrogen and oxygen atoms in total. The molecule has 2 rings (SSSR count). The molecule has 0 aliphatic heterocycles. The summed E-state index contributed by atoms with van der Waals surface area (Å²) in [7, 11) is 0. The summed E-state index contributed by atoms with van der Waals surface area (Å²) in [6, 6.07) is 8.18. The molecule has 0 amide bonds. The summed E-state index contributed by atoms with van der Waals surface area (Å²) in [5.41, 5.74) is 6.62. The maximum absolute atomic E-state index is 8.65. The number of aromatic nitrogens is 1. The first-order chi connectivity index (χ1) is 10.1. The summed E-state index contributed by atoms with van der Waals surface area (Å²) in [5, 5.41) is 12.8. The standard InChI is InChI=1S/C15H22N4OS/c1-11(2)9-19(8-7-14(16)18-20)10-15-17-12-5-3-4-6-13(12)21-15/h3-6,11,20H,7-10H2,1-2H3,(H2,16,18). The first-order valence-electron chi connectivity index (χ1n) is 7.11. The first kappa shape index (κ1) is 15.7. The Balaban J connectivity index is 2.06. The van der Waals surface area contributed by atoms with Crippen LogP contribution in [0.25, 0.3) is 10.2 Å². The number of hydrogen-bond acceptors (Lipinski definition) is 5. The highest BCUT2D eigenvalue weighted by Gasteiger charge is 2.12. The van der Waals surface area contributed by atoms with Crippen LogP contribution in [0.2, 0.25) is 0 Å². The smallest absolute Gasteiger partial charge is 0.140 e. The second kappa shape index (κ2) is 7.38. The van der Waals surface area contributed by atoms with Gasteiger partial charge in [-0.05, 0) is 18.1 Å². The van der Waals surface area contributed by atoms with Crippen molar-refractivity contribution in [3.63, 3.8) is 0 Å². The second-order valence-corrected chi connectivity index (χ2v) is 6.66. The monoisotopic (exact) mass is 306 g/mol. The summed E-state index contributed by atoms with van der Waals surface area (Å²) >= 11 is 1.73. The van der Waals surface area contributed by atoms with E-state index >= 15 is 0 Å². The molecule has 0 bridgehead atoms. The van der Waals surface area contributed by atoms with Crippen molar-refractivity contribution >= 4 is 27.4 Å². The number of para-hydroxylation sites is 1. The number of nitrogens with two attached hydrogens (primary N) is 1. The van der Waals surface area contributed by atoms with E-state index in [0.29, 0.717) is 12.3 Å². The third-order valence-electron chi connectivity index (χ3n) is 3.13. The van der Waals surface area contributed by atoms with Gasteiger partial charge in [-0.2, -0.15) is 0 Å². The molecule has 0 saturated carbocycles. The number of rotatable bonds is 7. The maximum Gasteiger partial charge on any atom is 0.140 e. The summed E-state index contributed by atoms with van der Waals surface area (Å²) < 4.78 is 1.22. The Hall–Kier alpha value is -1.66. The van der Waals surface area contributed by atoms with Crippen LogP contribution >= 0.6 is 11.3 Å². The molecular formula is C15H22N4OS. The topological polar surface area (TPSA) is 74.7 Å². The van der Waals surface area contributed by atoms with Crippen molar-refractivity contribution in [1.29, 1.82) is 0 Å². The molecule has 0 spiro atoms. The molecule has 1 aromatic carbocycles. The Morgan fingerprint density at radius 3 is 2.86 bits per heavy atom. The molecule has 0 unspecified atom stereocenters. The molecular weight excluding hydrogens is 284 g/mol. The second-order valence-electron chi connectivity index (χ2n) is 5.55. The number of nitrogens with zero attached hydrogens (tertiary/aromatic N) is 3. The van der Waals surface area contributed by atoms with Crippen molar-refractivity contribution in [3.8, 4) is 0 Å². The molecule has 0 aliphatic carbocycles. The molecule has 2 aromatic rings. The van der Waals surface area contributed by atoms with Crippen LogP contribution in [0.4, 0.5) is 0 Å². The van der Waals surface area contributed by atoms with Gasteiger partial charge in [-0.1, -0.05) is 31.1 Å². The highest BCUT2D eigenvalue weighted by atomic mass is 32.1. The van der Waals surface area contributed by atoms with Gasteiger partial charge in [-0.3, -0.25) is 4.90 Å². The van der Waals surface area contributed by atoms with Gasteiger partial charge < -0.3 is 10.9 Å². The van der Waals surface area contributed by atoms with E-state index in [1.807, 2.05) is 18.2 Å². The fourth-order valence-corrected chi connectivity index (χ4v) is 3.26. The van der Waals surface area contributed by atoms with Gasteiger partial charge in [0.2, 0.25) is 0 Å². The Bertz CT molecular complexity index is 575. The fourth-order valence-electron chi connectivity index (χ4n) is 2.25. The number of oxime groups is 1. The zero-order valence-corrected chi connectivity index (χ0v) is 13.3. The Kier molecular flexibility index (Phi) is 5.52. The SMILES string of the molecule is CC(C)CN(CC/C(N)=N/O)Cc1nc2ccccc2s1. The minimum atomic E-state index is 0.271. The Morgan fingerprint density at radius 1 is 1.43 bits per heavy atom. The van der Waals surface area contributed by atoms with Gasteiger partial charge in [0.15, 0.2) is 0 Å². The molecule has 114 valence electrons. The normalized spacial score (nSPS) is 12.7. The van der Waals surface area contributed by atoms with Crippen molar-refractivity contribution in [2.45, 2.75) is 26.8 Å². The van der Waals surface area contributed by atoms with Crippen LogP contribution in [0.3, 0.4) is 0 Å². The molecule has 3 N–H and O–H groups in total. The van der Waals surface area contributed by atoms with Crippen LogP contribution in [-0.2, 0) is 6.54 Å². The van der Waals surface area contributed by atoms with Crippen molar-refractivity contribution in [2.24, 2.45) is 16.8 Å². The zero-order valence-electron chi connectivity index (χ0n) is 12.5. The van der Waals surface area contributed by atoms with Crippen LogP contribution in [0.15, 0.2) is 29.4 Å². The predicted molar refractivity (Wildman–Crippen MR) is 87.8 cm³/mol. The number of amidine groups is 1. The average Bonchev–Trinajstić information content (AvgIpc) is 2.85. The summed E-state index contributed by atoms with van der Waals surface area (Å²) in [4.78, 5) is 6.98. The minimum Gasteiger partial charge on any atom is -0.409 e. The van der Waals surface area contributed by atoms with Gasteiger partial charge >= 0.3 is 0 Å². The molecule has 6 heteroatoms. The van der Waals surface area contributed by atoms with Crippen LogP contribution in [0.1, 0.15) is 25.3 Å². The van der Waals surface area contributed by atoms with E-state index in [1.54, 1.807) is 11.3 Å². The molecule has 0 aliphatic rings. The highest BCUT2D eigenvalue weighted by molar-refractivity contribution is 7.18. The lowest BCUT2D eigenvalue weighted by Crippen LogP contribution is -2.31. The largest absolute Gasteiger partial charge is 0.409 e. The van der Waals surface area contributed by atoms with Gasteiger partial charge in [0.05, 0.1) is 16.8 Å². The molecule has 0 radical (unpaired) electrons. The van der Waals surface area contributed by atoms with E-state index in [-0.39, 0.29) is 5.84 Å². The lowest BCUT2D eigenvalue weighted by molar-refractivity contribution is 0.240. The molecule has 0 fully saturated rings. The van der Waals surface area contributed by atoms with Crippen LogP contribution in [-0.4, -0.2) is 34.0 Å². The maximum atomic E-state index is 8.65. The quantitative estimate of drug-likeness (QED) is 0.357. The fraction of sp³-hybridized carbons (Fsp3) is 0.467. The molecule has 0 atom stereocenters. The molecule has 21 heavy (non-hydrogen) atoms. The third-order valence-corrected chi connectivity index (χ3v) is 4.15. The third kappa shape index (κ3) is 4.68. The van der Waals surface area contributed by atoms with E-state index in [1.165, 1.54) is 4.70 Å². The van der Waals surface area contributed by atoms with E-state index in [0.717, 1.165) is 30.2 Å². The molecule has 0 saturated heterocycles. The number of hydrogen-bond donors (Lipinski definition) is 2. The number of benzene rings is 1. The minimum absolute atomic E-state index is 0.271. The predicted octanol–water partition coefficient (Wildman–Crippen LogP) is 2.89. The van der Waals surface area contributed by atoms with Gasteiger partial charge in [0, 0.05) is 19.5 Å². The summed E-state index contributed by atoms with van der Waals surface area (Å²) in [6.07, 6.45) is 0.564. The number of fused-ring (bicyclic) bond motifs is 1. The van der Waals surface area contributed by atoms with E-state index in [4.69, 9.17) is 10.9 Å². The lowest BCUT2D eigenvalue weighted by Gasteiger charge is -2.22.